The van der Waals surface area contributed by atoms with Gasteiger partial charge in [0.05, 0.1) is 0 Å². The summed E-state index contributed by atoms with van der Waals surface area (Å²) < 4.78 is 0.997. The lowest BCUT2D eigenvalue weighted by atomic mass is 10.1. The molecule has 0 aliphatic carbocycles. The van der Waals surface area contributed by atoms with Crippen LogP contribution in [0.1, 0.15) is 16.1 Å². The minimum atomic E-state index is 0.696. The summed E-state index contributed by atoms with van der Waals surface area (Å²) in [5.74, 6) is 0. The lowest BCUT2D eigenvalue weighted by molar-refractivity contribution is 0.962. The first-order valence-corrected chi connectivity index (χ1v) is 7.10. The van der Waals surface area contributed by atoms with Gasteiger partial charge in [0.25, 0.3) is 0 Å². The molecule has 2 N–H and O–H groups in total. The Morgan fingerprint density at radius 2 is 2.12 bits per heavy atom. The van der Waals surface area contributed by atoms with E-state index in [0.717, 1.165) is 15.8 Å². The number of rotatable bonds is 4. The highest BCUT2D eigenvalue weighted by molar-refractivity contribution is 8.01. The number of aromatic nitrogens is 2. The van der Waals surface area contributed by atoms with Crippen LogP contribution in [0.4, 0.5) is 0 Å². The molecular weight excluding hydrogens is 250 g/mol. The monoisotopic (exact) mass is 265 g/mol. The topological polar surface area (TPSA) is 51.8 Å². The summed E-state index contributed by atoms with van der Waals surface area (Å²) in [6, 6.07) is 6.47. The molecule has 0 saturated heterocycles. The molecule has 0 radical (unpaired) electrons. The Morgan fingerprint density at radius 1 is 1.29 bits per heavy atom. The van der Waals surface area contributed by atoms with Gasteiger partial charge >= 0.3 is 0 Å². The lowest BCUT2D eigenvalue weighted by Gasteiger charge is -2.05. The maximum atomic E-state index is 5.55. The van der Waals surface area contributed by atoms with Crippen LogP contribution in [-0.2, 0) is 6.42 Å². The maximum absolute atomic E-state index is 5.55. The number of benzene rings is 1. The van der Waals surface area contributed by atoms with Crippen LogP contribution in [0.2, 0.25) is 0 Å². The summed E-state index contributed by atoms with van der Waals surface area (Å²) in [7, 11) is 0. The van der Waals surface area contributed by atoms with Gasteiger partial charge in [0.2, 0.25) is 0 Å². The van der Waals surface area contributed by atoms with E-state index in [9.17, 15) is 0 Å². The first-order valence-electron chi connectivity index (χ1n) is 5.46. The van der Waals surface area contributed by atoms with Gasteiger partial charge < -0.3 is 5.73 Å². The smallest absolute Gasteiger partial charge is 0.179 e. The summed E-state index contributed by atoms with van der Waals surface area (Å²) in [6.45, 7) is 4.79. The van der Waals surface area contributed by atoms with Crippen molar-refractivity contribution in [2.45, 2.75) is 29.5 Å². The molecule has 1 heterocycles. The highest BCUT2D eigenvalue weighted by atomic mass is 32.2. The minimum Gasteiger partial charge on any atom is -0.330 e. The van der Waals surface area contributed by atoms with Crippen molar-refractivity contribution in [3.05, 3.63) is 34.3 Å². The number of hydrogen-bond donors (Lipinski definition) is 1. The predicted octanol–water partition coefficient (Wildman–Crippen LogP) is 2.81. The van der Waals surface area contributed by atoms with Crippen molar-refractivity contribution in [2.75, 3.05) is 6.54 Å². The van der Waals surface area contributed by atoms with Crippen molar-refractivity contribution in [3.8, 4) is 0 Å². The zero-order chi connectivity index (χ0) is 12.3. The van der Waals surface area contributed by atoms with Gasteiger partial charge in [0.15, 0.2) is 4.34 Å². The van der Waals surface area contributed by atoms with Crippen LogP contribution in [0.5, 0.6) is 0 Å². The third-order valence-corrected chi connectivity index (χ3v) is 4.44. The minimum absolute atomic E-state index is 0.696. The quantitative estimate of drug-likeness (QED) is 0.923. The molecule has 0 unspecified atom stereocenters. The van der Waals surface area contributed by atoms with Crippen LogP contribution in [0.25, 0.3) is 0 Å². The van der Waals surface area contributed by atoms with E-state index in [2.05, 4.69) is 35.3 Å². The van der Waals surface area contributed by atoms with Crippen molar-refractivity contribution < 1.29 is 0 Å². The highest BCUT2D eigenvalue weighted by Crippen LogP contribution is 2.32. The molecule has 0 aliphatic rings. The van der Waals surface area contributed by atoms with Gasteiger partial charge in [-0.05, 0) is 44.0 Å². The van der Waals surface area contributed by atoms with E-state index in [-0.39, 0.29) is 0 Å². The molecule has 0 bridgehead atoms. The summed E-state index contributed by atoms with van der Waals surface area (Å²) in [4.78, 5) is 1.24. The van der Waals surface area contributed by atoms with Crippen molar-refractivity contribution in [3.63, 3.8) is 0 Å². The molecule has 0 aliphatic heterocycles. The molecule has 1 aromatic carbocycles. The number of nitrogens with two attached hydrogens (primary N) is 1. The van der Waals surface area contributed by atoms with Crippen LogP contribution in [0.3, 0.4) is 0 Å². The molecule has 0 saturated carbocycles. The zero-order valence-electron chi connectivity index (χ0n) is 9.93. The fraction of sp³-hybridized carbons (Fsp3) is 0.333. The molecule has 2 aromatic rings. The van der Waals surface area contributed by atoms with Gasteiger partial charge in [-0.3, -0.25) is 0 Å². The van der Waals surface area contributed by atoms with Crippen LogP contribution in [0.15, 0.2) is 27.4 Å². The van der Waals surface area contributed by atoms with Crippen molar-refractivity contribution >= 4 is 23.1 Å². The molecule has 0 fully saturated rings. The molecule has 0 atom stereocenters. The van der Waals surface area contributed by atoms with Gasteiger partial charge in [0.1, 0.15) is 5.01 Å². The second kappa shape index (κ2) is 5.62. The predicted molar refractivity (Wildman–Crippen MR) is 72.7 cm³/mol. The average molecular weight is 265 g/mol. The standard InChI is InChI=1S/C12H15N3S2/c1-8-7-10(5-6-13)3-4-11(8)17-12-15-14-9(2)16-12/h3-4,7H,5-6,13H2,1-2H3. The molecule has 0 amide bonds. The van der Waals surface area contributed by atoms with E-state index in [1.165, 1.54) is 16.0 Å². The average Bonchev–Trinajstić information content (AvgIpc) is 2.69. The number of hydrogen-bond acceptors (Lipinski definition) is 5. The summed E-state index contributed by atoms with van der Waals surface area (Å²) in [5, 5.41) is 9.15. The normalized spacial score (nSPS) is 10.8. The molecule has 3 nitrogen and oxygen atoms in total. The summed E-state index contributed by atoms with van der Waals surface area (Å²) in [6.07, 6.45) is 0.934. The Balaban J connectivity index is 2.16. The number of aryl methyl sites for hydroxylation is 2. The molecule has 1 aromatic heterocycles. The van der Waals surface area contributed by atoms with E-state index in [4.69, 9.17) is 5.73 Å². The van der Waals surface area contributed by atoms with Crippen LogP contribution in [-0.4, -0.2) is 16.7 Å². The molecule has 2 rings (SSSR count). The highest BCUT2D eigenvalue weighted by Gasteiger charge is 2.06. The Kier molecular flexibility index (Phi) is 4.15. The van der Waals surface area contributed by atoms with Crippen molar-refractivity contribution in [1.29, 1.82) is 0 Å². The van der Waals surface area contributed by atoms with E-state index >= 15 is 0 Å². The van der Waals surface area contributed by atoms with Crippen LogP contribution in [0, 0.1) is 13.8 Å². The Morgan fingerprint density at radius 3 is 2.71 bits per heavy atom. The first-order chi connectivity index (χ1) is 8.19. The fourth-order valence-electron chi connectivity index (χ4n) is 1.56. The third-order valence-electron chi connectivity index (χ3n) is 2.38. The second-order valence-electron chi connectivity index (χ2n) is 3.83. The SMILES string of the molecule is Cc1nnc(Sc2ccc(CCN)cc2C)s1. The zero-order valence-corrected chi connectivity index (χ0v) is 11.6. The Bertz CT molecular complexity index is 508. The van der Waals surface area contributed by atoms with Gasteiger partial charge in [0, 0.05) is 4.90 Å². The number of nitrogens with zero attached hydrogens (tertiary/aromatic N) is 2. The van der Waals surface area contributed by atoms with E-state index < -0.39 is 0 Å². The van der Waals surface area contributed by atoms with Gasteiger partial charge in [-0.15, -0.1) is 10.2 Å². The van der Waals surface area contributed by atoms with Crippen LogP contribution < -0.4 is 5.73 Å². The van der Waals surface area contributed by atoms with E-state index in [1.54, 1.807) is 23.1 Å². The Hall–Kier alpha value is -0.910. The molecule has 90 valence electrons. The van der Waals surface area contributed by atoms with Crippen LogP contribution >= 0.6 is 23.1 Å². The summed E-state index contributed by atoms with van der Waals surface area (Å²) >= 11 is 3.30. The molecular formula is C12H15N3S2. The van der Waals surface area contributed by atoms with Gasteiger partial charge in [-0.25, -0.2) is 0 Å². The van der Waals surface area contributed by atoms with E-state index in [0.29, 0.717) is 6.54 Å². The van der Waals surface area contributed by atoms with Gasteiger partial charge in [-0.2, -0.15) is 0 Å². The van der Waals surface area contributed by atoms with E-state index in [1.807, 2.05) is 6.92 Å². The summed E-state index contributed by atoms with van der Waals surface area (Å²) in [5.41, 5.74) is 8.12. The molecule has 0 spiro atoms. The second-order valence-corrected chi connectivity index (χ2v) is 6.30. The molecule has 5 heteroatoms. The molecule has 17 heavy (non-hydrogen) atoms. The fourth-order valence-corrected chi connectivity index (χ4v) is 3.40. The maximum Gasteiger partial charge on any atom is 0.179 e. The van der Waals surface area contributed by atoms with Crippen molar-refractivity contribution in [2.24, 2.45) is 5.73 Å². The third kappa shape index (κ3) is 3.28. The van der Waals surface area contributed by atoms with Crippen molar-refractivity contribution in [1.82, 2.24) is 10.2 Å². The first kappa shape index (κ1) is 12.5. The van der Waals surface area contributed by atoms with Gasteiger partial charge in [-0.1, -0.05) is 35.2 Å². The Labute approximate surface area is 109 Å². The lowest BCUT2D eigenvalue weighted by Crippen LogP contribution is -2.02. The largest absolute Gasteiger partial charge is 0.330 e.